The Bertz CT molecular complexity index is 580. The highest BCUT2D eigenvalue weighted by Crippen LogP contribution is 2.23. The zero-order valence-electron chi connectivity index (χ0n) is 14.2. The summed E-state index contributed by atoms with van der Waals surface area (Å²) in [6, 6.07) is 5.59. The van der Waals surface area contributed by atoms with Gasteiger partial charge in [0.1, 0.15) is 0 Å². The summed E-state index contributed by atoms with van der Waals surface area (Å²) in [7, 11) is 0. The molecule has 0 radical (unpaired) electrons. The SMILES string of the molecule is CC(C)CC[C@@H](C(=O)[O-])[C@H](C)CC(=O)Nc1ccc(C(=O)[O-])cc1. The van der Waals surface area contributed by atoms with Crippen LogP contribution in [0.15, 0.2) is 24.3 Å². The second-order valence-electron chi connectivity index (χ2n) is 6.49. The van der Waals surface area contributed by atoms with Gasteiger partial charge in [0.2, 0.25) is 5.91 Å². The van der Waals surface area contributed by atoms with Crippen LogP contribution < -0.4 is 15.5 Å². The number of anilines is 1. The fourth-order valence-electron chi connectivity index (χ4n) is 2.48. The predicted molar refractivity (Wildman–Crippen MR) is 85.8 cm³/mol. The molecule has 132 valence electrons. The van der Waals surface area contributed by atoms with E-state index in [0.717, 1.165) is 6.42 Å². The highest BCUT2D eigenvalue weighted by Gasteiger charge is 2.21. The molecule has 2 atom stereocenters. The lowest BCUT2D eigenvalue weighted by Gasteiger charge is -2.25. The van der Waals surface area contributed by atoms with Crippen molar-refractivity contribution in [1.82, 2.24) is 0 Å². The van der Waals surface area contributed by atoms with Crippen molar-refractivity contribution in [2.45, 2.75) is 40.0 Å². The van der Waals surface area contributed by atoms with Gasteiger partial charge in [0, 0.05) is 24.0 Å². The molecule has 0 heterocycles. The average Bonchev–Trinajstić information content (AvgIpc) is 2.46. The molecule has 1 N–H and O–H groups in total. The van der Waals surface area contributed by atoms with Crippen LogP contribution in [0.2, 0.25) is 0 Å². The Morgan fingerprint density at radius 2 is 1.58 bits per heavy atom. The van der Waals surface area contributed by atoms with E-state index in [4.69, 9.17) is 0 Å². The molecule has 0 aliphatic heterocycles. The minimum absolute atomic E-state index is 0.0204. The molecule has 6 nitrogen and oxygen atoms in total. The van der Waals surface area contributed by atoms with Gasteiger partial charge in [-0.15, -0.1) is 0 Å². The van der Waals surface area contributed by atoms with Gasteiger partial charge in [-0.2, -0.15) is 0 Å². The van der Waals surface area contributed by atoms with Crippen molar-refractivity contribution in [2.24, 2.45) is 17.8 Å². The second-order valence-corrected chi connectivity index (χ2v) is 6.49. The Morgan fingerprint density at radius 1 is 1.00 bits per heavy atom. The lowest BCUT2D eigenvalue weighted by atomic mass is 9.85. The minimum atomic E-state index is -1.29. The summed E-state index contributed by atoms with van der Waals surface area (Å²) < 4.78 is 0. The molecule has 1 amide bonds. The van der Waals surface area contributed by atoms with Crippen molar-refractivity contribution in [1.29, 1.82) is 0 Å². The fraction of sp³-hybridized carbons (Fsp3) is 0.500. The monoisotopic (exact) mass is 333 g/mol. The Morgan fingerprint density at radius 3 is 2.04 bits per heavy atom. The first-order valence-electron chi connectivity index (χ1n) is 8.02. The van der Waals surface area contributed by atoms with Gasteiger partial charge in [-0.05, 0) is 36.0 Å². The van der Waals surface area contributed by atoms with Gasteiger partial charge in [-0.25, -0.2) is 0 Å². The van der Waals surface area contributed by atoms with Crippen LogP contribution in [0.25, 0.3) is 0 Å². The lowest BCUT2D eigenvalue weighted by Crippen LogP contribution is -2.36. The Labute approximate surface area is 141 Å². The number of aliphatic carboxylic acids is 1. The van der Waals surface area contributed by atoms with E-state index in [1.54, 1.807) is 6.92 Å². The highest BCUT2D eigenvalue weighted by molar-refractivity contribution is 5.92. The van der Waals surface area contributed by atoms with E-state index < -0.39 is 17.9 Å². The van der Waals surface area contributed by atoms with Crippen LogP contribution in [0.3, 0.4) is 0 Å². The lowest BCUT2D eigenvalue weighted by molar-refractivity contribution is -0.313. The van der Waals surface area contributed by atoms with Gasteiger partial charge in [0.15, 0.2) is 0 Å². The second kappa shape index (κ2) is 9.05. The maximum Gasteiger partial charge on any atom is 0.224 e. The summed E-state index contributed by atoms with van der Waals surface area (Å²) in [5.41, 5.74) is 0.469. The third-order valence-electron chi connectivity index (χ3n) is 3.96. The number of hydrogen-bond acceptors (Lipinski definition) is 5. The Hall–Kier alpha value is -2.37. The molecule has 6 heteroatoms. The third-order valence-corrected chi connectivity index (χ3v) is 3.96. The van der Waals surface area contributed by atoms with E-state index in [1.807, 2.05) is 13.8 Å². The van der Waals surface area contributed by atoms with Crippen LogP contribution in [0, 0.1) is 17.8 Å². The number of carboxylic acid groups (broad SMARTS) is 2. The smallest absolute Gasteiger partial charge is 0.224 e. The van der Waals surface area contributed by atoms with Crippen molar-refractivity contribution in [3.63, 3.8) is 0 Å². The summed E-state index contributed by atoms with van der Waals surface area (Å²) in [6.45, 7) is 5.75. The van der Waals surface area contributed by atoms with Gasteiger partial charge in [0.05, 0.1) is 5.97 Å². The molecular formula is C18H23NO5-2. The summed E-state index contributed by atoms with van der Waals surface area (Å²) in [5.74, 6) is -3.37. The molecule has 1 aromatic carbocycles. The van der Waals surface area contributed by atoms with Gasteiger partial charge in [0.25, 0.3) is 0 Å². The van der Waals surface area contributed by atoms with Crippen molar-refractivity contribution < 1.29 is 24.6 Å². The summed E-state index contributed by atoms with van der Waals surface area (Å²) in [6.07, 6.45) is 1.29. The molecular weight excluding hydrogens is 310 g/mol. The number of nitrogens with one attached hydrogen (secondary N) is 1. The van der Waals surface area contributed by atoms with Crippen LogP contribution in [0.4, 0.5) is 5.69 Å². The largest absolute Gasteiger partial charge is 0.550 e. The number of carbonyl (C=O) groups is 3. The first-order chi connectivity index (χ1) is 11.2. The summed E-state index contributed by atoms with van der Waals surface area (Å²) in [5, 5.41) is 24.6. The zero-order chi connectivity index (χ0) is 18.3. The number of hydrogen-bond donors (Lipinski definition) is 1. The molecule has 0 aliphatic carbocycles. The number of benzene rings is 1. The molecule has 0 aliphatic rings. The molecule has 0 saturated heterocycles. The molecule has 0 fully saturated rings. The molecule has 0 saturated carbocycles. The van der Waals surface area contributed by atoms with E-state index in [1.165, 1.54) is 24.3 Å². The van der Waals surface area contributed by atoms with Gasteiger partial charge in [-0.1, -0.05) is 39.3 Å². The zero-order valence-corrected chi connectivity index (χ0v) is 14.2. The van der Waals surface area contributed by atoms with E-state index >= 15 is 0 Å². The first kappa shape index (κ1) is 19.7. The maximum absolute atomic E-state index is 12.1. The first-order valence-corrected chi connectivity index (χ1v) is 8.02. The van der Waals surface area contributed by atoms with E-state index in [-0.39, 0.29) is 23.8 Å². The fourth-order valence-corrected chi connectivity index (χ4v) is 2.48. The molecule has 24 heavy (non-hydrogen) atoms. The average molecular weight is 333 g/mol. The van der Waals surface area contributed by atoms with Crippen LogP contribution in [0.1, 0.15) is 50.4 Å². The quantitative estimate of drug-likeness (QED) is 0.719. The summed E-state index contributed by atoms with van der Waals surface area (Å²) >= 11 is 0. The number of carboxylic acids is 2. The standard InChI is InChI=1S/C18H25NO5/c1-11(2)4-9-15(18(23)24)12(3)10-16(20)19-14-7-5-13(6-8-14)17(21)22/h5-8,11-12,15H,4,9-10H2,1-3H3,(H,19,20)(H,21,22)(H,23,24)/p-2/t12-,15-/m1/s1. The number of rotatable bonds is 9. The van der Waals surface area contributed by atoms with Crippen LogP contribution in [0.5, 0.6) is 0 Å². The number of amides is 1. The number of aromatic carboxylic acids is 1. The molecule has 0 unspecified atom stereocenters. The predicted octanol–water partition coefficient (Wildman–Crippen LogP) is 0.817. The van der Waals surface area contributed by atoms with E-state index in [0.29, 0.717) is 18.0 Å². The van der Waals surface area contributed by atoms with Crippen LogP contribution in [-0.4, -0.2) is 17.8 Å². The van der Waals surface area contributed by atoms with E-state index in [9.17, 15) is 24.6 Å². The molecule has 0 aromatic heterocycles. The minimum Gasteiger partial charge on any atom is -0.550 e. The Kier molecular flexibility index (Phi) is 7.42. The normalized spacial score (nSPS) is 13.3. The molecule has 0 spiro atoms. The third kappa shape index (κ3) is 6.40. The summed E-state index contributed by atoms with van der Waals surface area (Å²) in [4.78, 5) is 34.0. The van der Waals surface area contributed by atoms with Gasteiger partial charge in [-0.3, -0.25) is 4.79 Å². The topological polar surface area (TPSA) is 109 Å². The Balaban J connectivity index is 2.61. The van der Waals surface area contributed by atoms with E-state index in [2.05, 4.69) is 5.32 Å². The van der Waals surface area contributed by atoms with Crippen molar-refractivity contribution in [3.05, 3.63) is 29.8 Å². The molecule has 0 bridgehead atoms. The highest BCUT2D eigenvalue weighted by atomic mass is 16.4. The van der Waals surface area contributed by atoms with Crippen LogP contribution >= 0.6 is 0 Å². The molecule has 1 aromatic rings. The molecule has 1 rings (SSSR count). The van der Waals surface area contributed by atoms with Gasteiger partial charge >= 0.3 is 0 Å². The number of carbonyl (C=O) groups excluding carboxylic acids is 3. The maximum atomic E-state index is 12.1. The van der Waals surface area contributed by atoms with Crippen molar-refractivity contribution in [3.8, 4) is 0 Å². The van der Waals surface area contributed by atoms with Crippen LogP contribution in [-0.2, 0) is 9.59 Å². The van der Waals surface area contributed by atoms with Crippen molar-refractivity contribution >= 4 is 23.5 Å². The van der Waals surface area contributed by atoms with Gasteiger partial charge < -0.3 is 25.1 Å². The van der Waals surface area contributed by atoms with Crippen molar-refractivity contribution in [2.75, 3.05) is 5.32 Å².